The van der Waals surface area contributed by atoms with Crippen LogP contribution in [0.25, 0.3) is 0 Å². The molecule has 18 heavy (non-hydrogen) atoms. The Labute approximate surface area is 108 Å². The van der Waals surface area contributed by atoms with Crippen molar-refractivity contribution in [1.82, 2.24) is 9.97 Å². The molecule has 6 nitrogen and oxygen atoms in total. The standard InChI is InChI=1S/C11H20N4O2S/c1-4-9-14-10(12-5-2)8-11(15-9)13-6-7-18(3,16)17/h8H,4-7H2,1-3H3,(H2,12,13,14,15). The molecule has 0 atom stereocenters. The Bertz CT molecular complexity index is 488. The molecular formula is C11H20N4O2S. The van der Waals surface area contributed by atoms with E-state index in [9.17, 15) is 8.42 Å². The molecule has 1 aromatic heterocycles. The second-order valence-corrected chi connectivity index (χ2v) is 6.25. The summed E-state index contributed by atoms with van der Waals surface area (Å²) in [6.07, 6.45) is 1.95. The summed E-state index contributed by atoms with van der Waals surface area (Å²) in [6, 6.07) is 1.78. The first kappa shape index (κ1) is 14.7. The lowest BCUT2D eigenvalue weighted by atomic mass is 10.4. The van der Waals surface area contributed by atoms with Crippen LogP contribution in [0.1, 0.15) is 19.7 Å². The predicted octanol–water partition coefficient (Wildman–Crippen LogP) is 0.927. The van der Waals surface area contributed by atoms with Crippen LogP contribution in [0.2, 0.25) is 0 Å². The van der Waals surface area contributed by atoms with E-state index in [0.29, 0.717) is 12.4 Å². The van der Waals surface area contributed by atoms with Gasteiger partial charge in [-0.3, -0.25) is 0 Å². The summed E-state index contributed by atoms with van der Waals surface area (Å²) >= 11 is 0. The summed E-state index contributed by atoms with van der Waals surface area (Å²) in [5, 5.41) is 6.12. The van der Waals surface area contributed by atoms with Crippen molar-refractivity contribution < 1.29 is 8.42 Å². The van der Waals surface area contributed by atoms with Gasteiger partial charge in [-0.1, -0.05) is 6.92 Å². The van der Waals surface area contributed by atoms with Gasteiger partial charge in [-0.05, 0) is 6.92 Å². The van der Waals surface area contributed by atoms with Gasteiger partial charge in [0, 0.05) is 31.8 Å². The molecule has 0 bridgehead atoms. The van der Waals surface area contributed by atoms with Crippen LogP contribution in [0.15, 0.2) is 6.07 Å². The minimum absolute atomic E-state index is 0.0923. The van der Waals surface area contributed by atoms with Gasteiger partial charge in [0.2, 0.25) is 0 Å². The summed E-state index contributed by atoms with van der Waals surface area (Å²) in [7, 11) is -2.95. The fourth-order valence-electron chi connectivity index (χ4n) is 1.38. The van der Waals surface area contributed by atoms with Crippen molar-refractivity contribution in [2.45, 2.75) is 20.3 Å². The van der Waals surface area contributed by atoms with Gasteiger partial charge in [0.25, 0.3) is 0 Å². The molecule has 2 N–H and O–H groups in total. The van der Waals surface area contributed by atoms with E-state index >= 15 is 0 Å². The Morgan fingerprint density at radius 1 is 1.17 bits per heavy atom. The Balaban J connectivity index is 2.72. The topological polar surface area (TPSA) is 84.0 Å². The Morgan fingerprint density at radius 3 is 2.28 bits per heavy atom. The number of rotatable bonds is 7. The average Bonchev–Trinajstić information content (AvgIpc) is 2.27. The normalized spacial score (nSPS) is 11.3. The zero-order valence-electron chi connectivity index (χ0n) is 11.0. The van der Waals surface area contributed by atoms with Crippen LogP contribution in [-0.2, 0) is 16.3 Å². The first-order valence-electron chi connectivity index (χ1n) is 5.98. The maximum Gasteiger partial charge on any atom is 0.149 e. The number of nitrogens with one attached hydrogen (secondary N) is 2. The van der Waals surface area contributed by atoms with Crippen LogP contribution in [0, 0.1) is 0 Å². The molecule has 0 radical (unpaired) electrons. The Kier molecular flexibility index (Phi) is 5.33. The van der Waals surface area contributed by atoms with Crippen LogP contribution >= 0.6 is 0 Å². The van der Waals surface area contributed by atoms with E-state index in [1.807, 2.05) is 13.8 Å². The SMILES string of the molecule is CCNc1cc(NCCS(C)(=O)=O)nc(CC)n1. The Morgan fingerprint density at radius 2 is 1.78 bits per heavy atom. The van der Waals surface area contributed by atoms with Crippen molar-refractivity contribution >= 4 is 21.5 Å². The van der Waals surface area contributed by atoms with Crippen LogP contribution in [-0.4, -0.2) is 43.5 Å². The lowest BCUT2D eigenvalue weighted by molar-refractivity contribution is 0.602. The molecule has 1 rings (SSSR count). The molecule has 102 valence electrons. The monoisotopic (exact) mass is 272 g/mol. The molecule has 0 amide bonds. The molecule has 0 aliphatic heterocycles. The van der Waals surface area contributed by atoms with Crippen LogP contribution in [0.4, 0.5) is 11.6 Å². The van der Waals surface area contributed by atoms with Crippen molar-refractivity contribution in [2.75, 3.05) is 35.7 Å². The number of hydrogen-bond acceptors (Lipinski definition) is 6. The number of sulfone groups is 1. The number of aryl methyl sites for hydroxylation is 1. The molecule has 0 aliphatic carbocycles. The molecule has 0 saturated heterocycles. The van der Waals surface area contributed by atoms with Gasteiger partial charge in [-0.15, -0.1) is 0 Å². The zero-order chi connectivity index (χ0) is 13.6. The number of anilines is 2. The van der Waals surface area contributed by atoms with Crippen LogP contribution < -0.4 is 10.6 Å². The second-order valence-electron chi connectivity index (χ2n) is 4.00. The quantitative estimate of drug-likeness (QED) is 0.768. The molecule has 7 heteroatoms. The number of hydrogen-bond donors (Lipinski definition) is 2. The number of aromatic nitrogens is 2. The lowest BCUT2D eigenvalue weighted by Crippen LogP contribution is -2.15. The molecule has 0 spiro atoms. The van der Waals surface area contributed by atoms with E-state index in [1.165, 1.54) is 6.26 Å². The smallest absolute Gasteiger partial charge is 0.149 e. The van der Waals surface area contributed by atoms with E-state index in [0.717, 1.165) is 24.6 Å². The third-order valence-electron chi connectivity index (χ3n) is 2.23. The summed E-state index contributed by atoms with van der Waals surface area (Å²) in [4.78, 5) is 8.61. The summed E-state index contributed by atoms with van der Waals surface area (Å²) in [5.41, 5.74) is 0. The van der Waals surface area contributed by atoms with Crippen LogP contribution in [0.3, 0.4) is 0 Å². The highest BCUT2D eigenvalue weighted by Gasteiger charge is 2.05. The minimum atomic E-state index is -2.95. The van der Waals surface area contributed by atoms with Crippen LogP contribution in [0.5, 0.6) is 0 Å². The van der Waals surface area contributed by atoms with Crippen molar-refractivity contribution in [1.29, 1.82) is 0 Å². The van der Waals surface area contributed by atoms with Gasteiger partial charge in [-0.2, -0.15) is 0 Å². The predicted molar refractivity (Wildman–Crippen MR) is 73.8 cm³/mol. The second kappa shape index (κ2) is 6.53. The largest absolute Gasteiger partial charge is 0.370 e. The van der Waals surface area contributed by atoms with Crippen molar-refractivity contribution in [2.24, 2.45) is 0 Å². The molecule has 0 fully saturated rings. The molecular weight excluding hydrogens is 252 g/mol. The van der Waals surface area contributed by atoms with Gasteiger partial charge in [0.1, 0.15) is 27.3 Å². The highest BCUT2D eigenvalue weighted by Crippen LogP contribution is 2.11. The lowest BCUT2D eigenvalue weighted by Gasteiger charge is -2.09. The highest BCUT2D eigenvalue weighted by molar-refractivity contribution is 7.90. The Hall–Kier alpha value is -1.37. The number of nitrogens with zero attached hydrogens (tertiary/aromatic N) is 2. The first-order chi connectivity index (χ1) is 8.44. The van der Waals surface area contributed by atoms with Crippen molar-refractivity contribution in [3.8, 4) is 0 Å². The molecule has 0 aliphatic rings. The minimum Gasteiger partial charge on any atom is -0.370 e. The maximum atomic E-state index is 11.0. The first-order valence-corrected chi connectivity index (χ1v) is 8.04. The van der Waals surface area contributed by atoms with Crippen molar-refractivity contribution in [3.05, 3.63) is 11.9 Å². The average molecular weight is 272 g/mol. The summed E-state index contributed by atoms with van der Waals surface area (Å²) in [5.74, 6) is 2.23. The third-order valence-corrected chi connectivity index (χ3v) is 3.17. The fraction of sp³-hybridized carbons (Fsp3) is 0.636. The van der Waals surface area contributed by atoms with Gasteiger partial charge in [0.15, 0.2) is 0 Å². The van der Waals surface area contributed by atoms with E-state index in [2.05, 4.69) is 20.6 Å². The van der Waals surface area contributed by atoms with E-state index < -0.39 is 9.84 Å². The van der Waals surface area contributed by atoms with Gasteiger partial charge < -0.3 is 10.6 Å². The summed E-state index contributed by atoms with van der Waals surface area (Å²) < 4.78 is 22.1. The van der Waals surface area contributed by atoms with Gasteiger partial charge >= 0.3 is 0 Å². The highest BCUT2D eigenvalue weighted by atomic mass is 32.2. The van der Waals surface area contributed by atoms with E-state index in [1.54, 1.807) is 6.07 Å². The van der Waals surface area contributed by atoms with Gasteiger partial charge in [-0.25, -0.2) is 18.4 Å². The fourth-order valence-corrected chi connectivity index (χ4v) is 1.85. The van der Waals surface area contributed by atoms with E-state index in [4.69, 9.17) is 0 Å². The van der Waals surface area contributed by atoms with Gasteiger partial charge in [0.05, 0.1) is 5.75 Å². The maximum absolute atomic E-state index is 11.0. The summed E-state index contributed by atoms with van der Waals surface area (Å²) in [6.45, 7) is 5.10. The zero-order valence-corrected chi connectivity index (χ0v) is 11.8. The van der Waals surface area contributed by atoms with E-state index in [-0.39, 0.29) is 5.75 Å². The third kappa shape index (κ3) is 5.31. The molecule has 1 aromatic rings. The van der Waals surface area contributed by atoms with Crippen molar-refractivity contribution in [3.63, 3.8) is 0 Å². The molecule has 1 heterocycles. The molecule has 0 saturated carbocycles. The molecule has 0 aromatic carbocycles. The molecule has 0 unspecified atom stereocenters.